The van der Waals surface area contributed by atoms with Gasteiger partial charge < -0.3 is 4.57 Å². The fourth-order valence-electron chi connectivity index (χ4n) is 8.12. The number of hydrogen-bond donors (Lipinski definition) is 0. The molecule has 0 saturated carbocycles. The van der Waals surface area contributed by atoms with Crippen molar-refractivity contribution < 1.29 is 0 Å². The molecule has 0 aliphatic heterocycles. The van der Waals surface area contributed by atoms with Gasteiger partial charge in [-0.25, -0.2) is 0 Å². The molecule has 0 spiro atoms. The van der Waals surface area contributed by atoms with Gasteiger partial charge in [-0.2, -0.15) is 0 Å². The van der Waals surface area contributed by atoms with Crippen molar-refractivity contribution in [3.63, 3.8) is 0 Å². The van der Waals surface area contributed by atoms with E-state index in [1.54, 1.807) is 0 Å². The van der Waals surface area contributed by atoms with Crippen molar-refractivity contribution in [2.45, 2.75) is 6.92 Å². The van der Waals surface area contributed by atoms with Crippen molar-refractivity contribution >= 4 is 27.4 Å². The van der Waals surface area contributed by atoms with Gasteiger partial charge in [0.05, 0.1) is 11.0 Å². The summed E-state index contributed by atoms with van der Waals surface area (Å²) in [5.74, 6) is 1.58. The minimum absolute atomic E-state index is 0.783. The van der Waals surface area contributed by atoms with E-state index in [9.17, 15) is 0 Å². The van der Waals surface area contributed by atoms with Crippen molar-refractivity contribution in [3.8, 4) is 67.5 Å². The van der Waals surface area contributed by atoms with E-state index in [0.29, 0.717) is 0 Å². The maximum atomic E-state index is 4.76. The van der Waals surface area contributed by atoms with Crippen LogP contribution in [0.5, 0.6) is 0 Å². The Labute approximate surface area is 332 Å². The number of allylic oxidation sites excluding steroid dienone is 1. The lowest BCUT2D eigenvalue weighted by Crippen LogP contribution is -2.00. The minimum Gasteiger partial charge on any atom is -0.309 e. The second-order valence-corrected chi connectivity index (χ2v) is 14.5. The third-order valence-corrected chi connectivity index (χ3v) is 10.9. The molecule has 0 unspecified atom stereocenters. The Kier molecular flexibility index (Phi) is 8.50. The first-order valence-corrected chi connectivity index (χ1v) is 19.3. The average Bonchev–Trinajstić information content (AvgIpc) is 3.87. The monoisotopic (exact) mass is 730 g/mol. The van der Waals surface area contributed by atoms with Gasteiger partial charge in [0.1, 0.15) is 0 Å². The largest absolute Gasteiger partial charge is 0.309 e. The molecule has 57 heavy (non-hydrogen) atoms. The smallest absolute Gasteiger partial charge is 0.168 e. The Hall–Kier alpha value is -7.56. The molecule has 0 saturated heterocycles. The Balaban J connectivity index is 1.05. The third-order valence-electron chi connectivity index (χ3n) is 10.9. The van der Waals surface area contributed by atoms with Crippen molar-refractivity contribution in [2.24, 2.45) is 0 Å². The number of benzene rings is 8. The van der Waals surface area contributed by atoms with Crippen LogP contribution in [0.2, 0.25) is 0 Å². The summed E-state index contributed by atoms with van der Waals surface area (Å²) in [6.45, 7) is 6.15. The Bertz CT molecular complexity index is 3060. The van der Waals surface area contributed by atoms with Crippen molar-refractivity contribution in [3.05, 3.63) is 212 Å². The molecule has 0 atom stereocenters. The molecule has 0 N–H and O–H groups in total. The zero-order valence-electron chi connectivity index (χ0n) is 31.5. The first kappa shape index (κ1) is 34.0. The van der Waals surface area contributed by atoms with Gasteiger partial charge >= 0.3 is 0 Å². The van der Waals surface area contributed by atoms with Gasteiger partial charge in [-0.3, -0.25) is 4.57 Å². The summed E-state index contributed by atoms with van der Waals surface area (Å²) in [6.07, 6.45) is 0. The predicted molar refractivity (Wildman–Crippen MR) is 238 cm³/mol. The molecule has 0 aliphatic rings. The van der Waals surface area contributed by atoms with Gasteiger partial charge in [0.15, 0.2) is 11.6 Å². The van der Waals surface area contributed by atoms with E-state index in [2.05, 4.69) is 198 Å². The van der Waals surface area contributed by atoms with Crippen LogP contribution in [-0.2, 0) is 0 Å². The highest BCUT2D eigenvalue weighted by Crippen LogP contribution is 2.41. The first-order chi connectivity index (χ1) is 28.1. The van der Waals surface area contributed by atoms with Crippen LogP contribution in [0.4, 0.5) is 0 Å². The highest BCUT2D eigenvalue weighted by molar-refractivity contribution is 6.11. The van der Waals surface area contributed by atoms with E-state index in [0.717, 1.165) is 50.9 Å². The van der Waals surface area contributed by atoms with Crippen LogP contribution < -0.4 is 0 Å². The Morgan fingerprint density at radius 2 is 0.860 bits per heavy atom. The standard InChI is InChI=1S/C53H38N4/c1-36(2)37-29-32-43(33-30-37)57-52(39-15-5-3-6-16-39)54-55-53(57)40-27-25-38(26-28-40)44-19-9-11-21-46(44)47-22-12-10-20-45(47)41-31-34-51-49(35-41)48-23-13-14-24-50(48)56(51)42-17-7-4-8-18-42/h3-35H,1H2,2H3. The molecular formula is C53H38N4. The number of fused-ring (bicyclic) bond motifs is 3. The number of aromatic nitrogens is 4. The van der Waals surface area contributed by atoms with Crippen LogP contribution >= 0.6 is 0 Å². The fraction of sp³-hybridized carbons (Fsp3) is 0.0189. The molecule has 270 valence electrons. The molecule has 0 fully saturated rings. The topological polar surface area (TPSA) is 35.6 Å². The molecule has 2 heterocycles. The highest BCUT2D eigenvalue weighted by atomic mass is 15.3. The molecule has 4 heteroatoms. The van der Waals surface area contributed by atoms with E-state index >= 15 is 0 Å². The van der Waals surface area contributed by atoms with Gasteiger partial charge in [0, 0.05) is 33.3 Å². The van der Waals surface area contributed by atoms with Crippen LogP contribution in [0.1, 0.15) is 12.5 Å². The zero-order chi connectivity index (χ0) is 38.3. The van der Waals surface area contributed by atoms with Gasteiger partial charge in [0.25, 0.3) is 0 Å². The van der Waals surface area contributed by atoms with Gasteiger partial charge in [-0.15, -0.1) is 10.2 Å². The van der Waals surface area contributed by atoms with Crippen LogP contribution in [0, 0.1) is 0 Å². The molecule has 10 aromatic rings. The summed E-state index contributed by atoms with van der Waals surface area (Å²) in [5.41, 5.74) is 15.7. The SMILES string of the molecule is C=C(C)c1ccc(-n2c(-c3ccccc3)nnc2-c2ccc(-c3ccccc3-c3ccccc3-c3ccc4c(c3)c3ccccc3n4-c3ccccc3)cc2)cc1. The second-order valence-electron chi connectivity index (χ2n) is 14.5. The summed E-state index contributed by atoms with van der Waals surface area (Å²) in [4.78, 5) is 0. The summed E-state index contributed by atoms with van der Waals surface area (Å²) < 4.78 is 4.51. The molecule has 2 aromatic heterocycles. The van der Waals surface area contributed by atoms with E-state index in [1.807, 2.05) is 25.1 Å². The molecule has 0 aliphatic carbocycles. The van der Waals surface area contributed by atoms with Gasteiger partial charge in [-0.05, 0) is 88.3 Å². The van der Waals surface area contributed by atoms with Crippen LogP contribution in [0.15, 0.2) is 207 Å². The normalized spacial score (nSPS) is 11.3. The second kappa shape index (κ2) is 14.3. The first-order valence-electron chi connectivity index (χ1n) is 19.3. The number of hydrogen-bond acceptors (Lipinski definition) is 2. The summed E-state index contributed by atoms with van der Waals surface area (Å²) in [7, 11) is 0. The number of nitrogens with zero attached hydrogens (tertiary/aromatic N) is 4. The minimum atomic E-state index is 0.783. The summed E-state index contributed by atoms with van der Waals surface area (Å²) >= 11 is 0. The number of rotatable bonds is 8. The van der Waals surface area contributed by atoms with Crippen molar-refractivity contribution in [2.75, 3.05) is 0 Å². The quantitative estimate of drug-likeness (QED) is 0.156. The van der Waals surface area contributed by atoms with Crippen LogP contribution in [-0.4, -0.2) is 19.3 Å². The molecule has 4 nitrogen and oxygen atoms in total. The van der Waals surface area contributed by atoms with Gasteiger partial charge in [-0.1, -0.05) is 170 Å². The lowest BCUT2D eigenvalue weighted by atomic mass is 9.89. The highest BCUT2D eigenvalue weighted by Gasteiger charge is 2.19. The lowest BCUT2D eigenvalue weighted by molar-refractivity contribution is 1.07. The maximum absolute atomic E-state index is 4.76. The summed E-state index contributed by atoms with van der Waals surface area (Å²) in [6, 6.07) is 71.1. The zero-order valence-corrected chi connectivity index (χ0v) is 31.5. The predicted octanol–water partition coefficient (Wildman–Crippen LogP) is 13.7. The molecule has 8 aromatic carbocycles. The van der Waals surface area contributed by atoms with Crippen molar-refractivity contribution in [1.82, 2.24) is 19.3 Å². The lowest BCUT2D eigenvalue weighted by Gasteiger charge is -2.16. The van der Waals surface area contributed by atoms with E-state index in [4.69, 9.17) is 10.2 Å². The maximum Gasteiger partial charge on any atom is 0.168 e. The van der Waals surface area contributed by atoms with Crippen LogP contribution in [0.25, 0.3) is 94.9 Å². The third kappa shape index (κ3) is 6.05. The molecule has 0 bridgehead atoms. The van der Waals surface area contributed by atoms with Crippen LogP contribution in [0.3, 0.4) is 0 Å². The molecule has 0 amide bonds. The average molecular weight is 731 g/mol. The molecular weight excluding hydrogens is 693 g/mol. The molecule has 10 rings (SSSR count). The fourth-order valence-corrected chi connectivity index (χ4v) is 8.12. The van der Waals surface area contributed by atoms with E-state index in [-0.39, 0.29) is 0 Å². The Morgan fingerprint density at radius 3 is 1.51 bits per heavy atom. The molecule has 0 radical (unpaired) electrons. The van der Waals surface area contributed by atoms with Gasteiger partial charge in [0.2, 0.25) is 0 Å². The van der Waals surface area contributed by atoms with E-state index < -0.39 is 0 Å². The van der Waals surface area contributed by atoms with Crippen molar-refractivity contribution in [1.29, 1.82) is 0 Å². The Morgan fingerprint density at radius 1 is 0.386 bits per heavy atom. The number of para-hydroxylation sites is 2. The summed E-state index contributed by atoms with van der Waals surface area (Å²) in [5, 5.41) is 12.0. The van der Waals surface area contributed by atoms with E-state index in [1.165, 1.54) is 49.6 Å².